The molecule has 0 aliphatic carbocycles. The highest BCUT2D eigenvalue weighted by atomic mass is 35.5. The quantitative estimate of drug-likeness (QED) is 0.434. The van der Waals surface area contributed by atoms with Crippen LogP contribution < -0.4 is 0 Å². The van der Waals surface area contributed by atoms with E-state index in [-0.39, 0.29) is 24.5 Å². The molecule has 1 aliphatic heterocycles. The summed E-state index contributed by atoms with van der Waals surface area (Å²) < 4.78 is 33.6. The molecule has 166 valence electrons. The summed E-state index contributed by atoms with van der Waals surface area (Å²) in [5.41, 5.74) is 2.48. The molecule has 1 aliphatic rings. The Hall–Kier alpha value is -2.38. The summed E-state index contributed by atoms with van der Waals surface area (Å²) in [5.74, 6) is -0.508. The summed E-state index contributed by atoms with van der Waals surface area (Å²) in [6.45, 7) is 0.268. The molecule has 1 unspecified atom stereocenters. The van der Waals surface area contributed by atoms with Crippen LogP contribution in [0, 0.1) is 0 Å². The summed E-state index contributed by atoms with van der Waals surface area (Å²) in [5, 5.41) is 0.896. The van der Waals surface area contributed by atoms with Crippen LogP contribution in [0.25, 0.3) is 0 Å². The molecule has 0 bridgehead atoms. The van der Waals surface area contributed by atoms with E-state index in [1.165, 1.54) is 4.31 Å². The first-order valence-corrected chi connectivity index (χ1v) is 12.3. The van der Waals surface area contributed by atoms with Crippen molar-refractivity contribution in [2.75, 3.05) is 6.54 Å². The SMILES string of the molecule is O=C(CC1c2ccccc2CCN1S(=O)(=O)c1ccccc1)OCc1ccc(Cl)cc1Cl. The largest absolute Gasteiger partial charge is 0.461 e. The van der Waals surface area contributed by atoms with E-state index >= 15 is 0 Å². The third-order valence-corrected chi connectivity index (χ3v) is 7.99. The smallest absolute Gasteiger partial charge is 0.308 e. The zero-order chi connectivity index (χ0) is 22.7. The number of carbonyl (C=O) groups is 1. The van der Waals surface area contributed by atoms with Gasteiger partial charge in [0.25, 0.3) is 0 Å². The Kier molecular flexibility index (Phi) is 6.86. The number of nitrogens with zero attached hydrogens (tertiary/aromatic N) is 1. The molecular formula is C24H21Cl2NO4S. The van der Waals surface area contributed by atoms with E-state index in [0.29, 0.717) is 22.0 Å². The van der Waals surface area contributed by atoms with Gasteiger partial charge >= 0.3 is 5.97 Å². The van der Waals surface area contributed by atoms with Crippen LogP contribution in [0.4, 0.5) is 0 Å². The second kappa shape index (κ2) is 9.63. The highest BCUT2D eigenvalue weighted by Crippen LogP contribution is 2.36. The van der Waals surface area contributed by atoms with E-state index in [1.807, 2.05) is 24.3 Å². The minimum atomic E-state index is -3.79. The molecule has 0 radical (unpaired) electrons. The third-order valence-electron chi connectivity index (χ3n) is 5.48. The van der Waals surface area contributed by atoms with E-state index in [9.17, 15) is 13.2 Å². The van der Waals surface area contributed by atoms with Gasteiger partial charge < -0.3 is 4.74 Å². The van der Waals surface area contributed by atoms with Gasteiger partial charge in [0, 0.05) is 22.2 Å². The lowest BCUT2D eigenvalue weighted by Gasteiger charge is -2.36. The second-order valence-corrected chi connectivity index (χ2v) is 10.2. The maximum Gasteiger partial charge on any atom is 0.308 e. The van der Waals surface area contributed by atoms with E-state index in [0.717, 1.165) is 11.1 Å². The predicted octanol–water partition coefficient (Wildman–Crippen LogP) is 5.42. The summed E-state index contributed by atoms with van der Waals surface area (Å²) in [6.07, 6.45) is 0.475. The van der Waals surface area contributed by atoms with Crippen LogP contribution in [-0.2, 0) is 32.6 Å². The molecule has 0 amide bonds. The van der Waals surface area contributed by atoms with Gasteiger partial charge in [0.15, 0.2) is 0 Å². The van der Waals surface area contributed by atoms with Crippen molar-refractivity contribution < 1.29 is 17.9 Å². The molecule has 32 heavy (non-hydrogen) atoms. The average Bonchev–Trinajstić information content (AvgIpc) is 2.79. The van der Waals surface area contributed by atoms with Crippen LogP contribution in [0.3, 0.4) is 0 Å². The van der Waals surface area contributed by atoms with E-state index < -0.39 is 22.0 Å². The van der Waals surface area contributed by atoms with Gasteiger partial charge in [-0.25, -0.2) is 8.42 Å². The fraction of sp³-hybridized carbons (Fsp3) is 0.208. The number of hydrogen-bond acceptors (Lipinski definition) is 4. The maximum absolute atomic E-state index is 13.4. The fourth-order valence-corrected chi connectivity index (χ4v) is 5.96. The standard InChI is InChI=1S/C24H21Cl2NO4S/c25-19-11-10-18(22(26)14-19)16-31-24(28)15-23-21-9-5-4-6-17(21)12-13-27(23)32(29,30)20-7-2-1-3-8-20/h1-11,14,23H,12-13,15-16H2. The molecule has 0 N–H and O–H groups in total. The predicted molar refractivity (Wildman–Crippen MR) is 124 cm³/mol. The number of esters is 1. The van der Waals surface area contributed by atoms with Gasteiger partial charge in [0.2, 0.25) is 10.0 Å². The van der Waals surface area contributed by atoms with Crippen LogP contribution in [-0.4, -0.2) is 25.2 Å². The van der Waals surface area contributed by atoms with Crippen LogP contribution in [0.1, 0.15) is 29.2 Å². The number of ether oxygens (including phenoxy) is 1. The Balaban J connectivity index is 1.58. The highest BCUT2D eigenvalue weighted by molar-refractivity contribution is 7.89. The van der Waals surface area contributed by atoms with Crippen LogP contribution in [0.15, 0.2) is 77.7 Å². The number of rotatable bonds is 6. The van der Waals surface area contributed by atoms with Crippen LogP contribution >= 0.6 is 23.2 Å². The Morgan fingerprint density at radius 3 is 2.47 bits per heavy atom. The first-order valence-electron chi connectivity index (χ1n) is 10.1. The Morgan fingerprint density at radius 1 is 1.00 bits per heavy atom. The molecule has 1 heterocycles. The first-order chi connectivity index (χ1) is 15.4. The van der Waals surface area contributed by atoms with Gasteiger partial charge in [-0.1, -0.05) is 71.7 Å². The maximum atomic E-state index is 13.4. The lowest BCUT2D eigenvalue weighted by molar-refractivity contribution is -0.146. The number of carbonyl (C=O) groups excluding carboxylic acids is 1. The second-order valence-electron chi connectivity index (χ2n) is 7.49. The molecule has 0 spiro atoms. The van der Waals surface area contributed by atoms with Gasteiger partial charge in [-0.3, -0.25) is 4.79 Å². The molecule has 5 nitrogen and oxygen atoms in total. The minimum absolute atomic E-state index is 0.0192. The summed E-state index contributed by atoms with van der Waals surface area (Å²) in [4.78, 5) is 13.0. The van der Waals surface area contributed by atoms with Crippen molar-refractivity contribution in [3.8, 4) is 0 Å². The Morgan fingerprint density at radius 2 is 1.72 bits per heavy atom. The number of halogens is 2. The number of fused-ring (bicyclic) bond motifs is 1. The summed E-state index contributed by atoms with van der Waals surface area (Å²) in [6, 6.07) is 20.2. The van der Waals surface area contributed by atoms with Gasteiger partial charge in [-0.2, -0.15) is 4.31 Å². The molecule has 0 saturated carbocycles. The first kappa shape index (κ1) is 22.8. The average molecular weight is 490 g/mol. The molecule has 8 heteroatoms. The van der Waals surface area contributed by atoms with Crippen LogP contribution in [0.2, 0.25) is 10.0 Å². The molecule has 3 aromatic carbocycles. The van der Waals surface area contributed by atoms with E-state index in [1.54, 1.807) is 48.5 Å². The lowest BCUT2D eigenvalue weighted by Crippen LogP contribution is -2.41. The Labute approximate surface area is 197 Å². The van der Waals surface area contributed by atoms with Crippen molar-refractivity contribution in [1.82, 2.24) is 4.31 Å². The van der Waals surface area contributed by atoms with Crippen molar-refractivity contribution in [2.24, 2.45) is 0 Å². The van der Waals surface area contributed by atoms with Crippen LogP contribution in [0.5, 0.6) is 0 Å². The monoisotopic (exact) mass is 489 g/mol. The molecular weight excluding hydrogens is 469 g/mol. The number of hydrogen-bond donors (Lipinski definition) is 0. The van der Waals surface area contributed by atoms with Crippen molar-refractivity contribution >= 4 is 39.2 Å². The van der Waals surface area contributed by atoms with Crippen molar-refractivity contribution in [1.29, 1.82) is 0 Å². The molecule has 1 atom stereocenters. The van der Waals surface area contributed by atoms with Crippen molar-refractivity contribution in [3.63, 3.8) is 0 Å². The number of benzene rings is 3. The molecule has 0 aromatic heterocycles. The highest BCUT2D eigenvalue weighted by Gasteiger charge is 2.37. The van der Waals surface area contributed by atoms with E-state index in [2.05, 4.69) is 0 Å². The van der Waals surface area contributed by atoms with E-state index in [4.69, 9.17) is 27.9 Å². The molecule has 0 fully saturated rings. The third kappa shape index (κ3) is 4.84. The molecule has 4 rings (SSSR count). The normalized spacial score (nSPS) is 16.4. The summed E-state index contributed by atoms with van der Waals surface area (Å²) >= 11 is 12.1. The zero-order valence-corrected chi connectivity index (χ0v) is 19.4. The summed E-state index contributed by atoms with van der Waals surface area (Å²) in [7, 11) is -3.79. The zero-order valence-electron chi connectivity index (χ0n) is 17.1. The molecule has 3 aromatic rings. The topological polar surface area (TPSA) is 63.7 Å². The van der Waals surface area contributed by atoms with Gasteiger partial charge in [-0.05, 0) is 41.8 Å². The van der Waals surface area contributed by atoms with Gasteiger partial charge in [0.1, 0.15) is 6.61 Å². The Bertz CT molecular complexity index is 1230. The number of sulfonamides is 1. The van der Waals surface area contributed by atoms with Crippen molar-refractivity contribution in [2.45, 2.75) is 30.4 Å². The minimum Gasteiger partial charge on any atom is -0.461 e. The van der Waals surface area contributed by atoms with Gasteiger partial charge in [0.05, 0.1) is 17.4 Å². The fourth-order valence-electron chi connectivity index (χ4n) is 3.87. The molecule has 0 saturated heterocycles. The van der Waals surface area contributed by atoms with Gasteiger partial charge in [-0.15, -0.1) is 0 Å². The van der Waals surface area contributed by atoms with Crippen molar-refractivity contribution in [3.05, 3.63) is 99.5 Å². The lowest BCUT2D eigenvalue weighted by atomic mass is 9.92.